The molecule has 0 spiro atoms. The summed E-state index contributed by atoms with van der Waals surface area (Å²) in [5, 5.41) is 2.91. The minimum atomic E-state index is -0.0360. The van der Waals surface area contributed by atoms with Gasteiger partial charge in [0, 0.05) is 57.8 Å². The van der Waals surface area contributed by atoms with E-state index in [0.29, 0.717) is 45.9 Å². The molecule has 2 amide bonds. The maximum atomic E-state index is 12.5. The second-order valence-corrected chi connectivity index (χ2v) is 6.78. The lowest BCUT2D eigenvalue weighted by molar-refractivity contribution is -0.140. The van der Waals surface area contributed by atoms with Crippen LogP contribution in [0.1, 0.15) is 18.0 Å². The molecule has 3 rings (SSSR count). The number of nitrogens with zero attached hydrogens (tertiary/aromatic N) is 4. The zero-order chi connectivity index (χ0) is 16.2. The Bertz CT molecular complexity index is 543. The van der Waals surface area contributed by atoms with Crippen LogP contribution in [-0.4, -0.2) is 83.9 Å². The Kier molecular flexibility index (Phi) is 5.24. The molecule has 0 aliphatic carbocycles. The summed E-state index contributed by atoms with van der Waals surface area (Å²) in [6.45, 7) is 6.58. The van der Waals surface area contributed by atoms with Crippen molar-refractivity contribution in [3.63, 3.8) is 0 Å². The van der Waals surface area contributed by atoms with Crippen LogP contribution in [0.3, 0.4) is 0 Å². The third-order valence-corrected chi connectivity index (χ3v) is 5.18. The van der Waals surface area contributed by atoms with Crippen LogP contribution in [0.2, 0.25) is 0 Å². The fourth-order valence-electron chi connectivity index (χ4n) is 2.95. The van der Waals surface area contributed by atoms with E-state index in [-0.39, 0.29) is 17.9 Å². The summed E-state index contributed by atoms with van der Waals surface area (Å²) in [5.74, 6) is 0.213. The van der Waals surface area contributed by atoms with Gasteiger partial charge in [-0.2, -0.15) is 0 Å². The highest BCUT2D eigenvalue weighted by atomic mass is 32.1. The van der Waals surface area contributed by atoms with Gasteiger partial charge in [0.2, 0.25) is 11.8 Å². The molecule has 0 N–H and O–H groups in total. The van der Waals surface area contributed by atoms with Gasteiger partial charge >= 0.3 is 0 Å². The first-order chi connectivity index (χ1) is 11.1. The number of ether oxygens (including phenoxy) is 1. The number of thiazole rings is 1. The van der Waals surface area contributed by atoms with Gasteiger partial charge in [0.1, 0.15) is 11.1 Å². The van der Waals surface area contributed by atoms with Gasteiger partial charge in [-0.25, -0.2) is 4.98 Å². The zero-order valence-electron chi connectivity index (χ0n) is 13.3. The molecule has 1 atom stereocenters. The highest BCUT2D eigenvalue weighted by Crippen LogP contribution is 2.23. The summed E-state index contributed by atoms with van der Waals surface area (Å²) >= 11 is 1.59. The molecule has 2 saturated heterocycles. The monoisotopic (exact) mass is 338 g/mol. The Balaban J connectivity index is 1.49. The smallest absolute Gasteiger partial charge is 0.236 e. The number of hydrogen-bond donors (Lipinski definition) is 0. The van der Waals surface area contributed by atoms with Crippen molar-refractivity contribution < 1.29 is 14.3 Å². The van der Waals surface area contributed by atoms with Crippen LogP contribution in [-0.2, 0) is 14.3 Å². The van der Waals surface area contributed by atoms with Crippen LogP contribution < -0.4 is 0 Å². The van der Waals surface area contributed by atoms with E-state index in [9.17, 15) is 9.59 Å². The molecule has 2 fully saturated rings. The Morgan fingerprint density at radius 1 is 1.26 bits per heavy atom. The van der Waals surface area contributed by atoms with Crippen molar-refractivity contribution in [1.82, 2.24) is 19.7 Å². The summed E-state index contributed by atoms with van der Waals surface area (Å²) in [6, 6.07) is 0. The fourth-order valence-corrected chi connectivity index (χ4v) is 3.63. The molecular formula is C15H22N4O3S. The maximum absolute atomic E-state index is 12.5. The third-order valence-electron chi connectivity index (χ3n) is 4.31. The van der Waals surface area contributed by atoms with E-state index < -0.39 is 0 Å². The normalized spacial score (nSPS) is 23.1. The number of amides is 2. The molecule has 2 aliphatic heterocycles. The molecule has 3 heterocycles. The lowest BCUT2D eigenvalue weighted by atomic mass is 10.2. The molecule has 0 saturated carbocycles. The number of rotatable bonds is 3. The van der Waals surface area contributed by atoms with Crippen LogP contribution in [0, 0.1) is 0 Å². The molecule has 2 aliphatic rings. The van der Waals surface area contributed by atoms with Gasteiger partial charge in [-0.3, -0.25) is 14.5 Å². The Labute approximate surface area is 139 Å². The van der Waals surface area contributed by atoms with Gasteiger partial charge in [0.25, 0.3) is 0 Å². The first-order valence-corrected chi connectivity index (χ1v) is 8.78. The summed E-state index contributed by atoms with van der Waals surface area (Å²) in [7, 11) is 0. The fraction of sp³-hybridized carbons (Fsp3) is 0.667. The van der Waals surface area contributed by atoms with Crippen LogP contribution in [0.4, 0.5) is 0 Å². The first-order valence-electron chi connectivity index (χ1n) is 7.90. The predicted molar refractivity (Wildman–Crippen MR) is 86.1 cm³/mol. The van der Waals surface area contributed by atoms with Gasteiger partial charge < -0.3 is 14.5 Å². The van der Waals surface area contributed by atoms with Crippen LogP contribution in [0.5, 0.6) is 0 Å². The average Bonchev–Trinajstić information content (AvgIpc) is 3.10. The van der Waals surface area contributed by atoms with Crippen LogP contribution in [0.15, 0.2) is 11.6 Å². The lowest BCUT2D eigenvalue weighted by Gasteiger charge is -2.37. The van der Waals surface area contributed by atoms with Crippen LogP contribution in [0.25, 0.3) is 0 Å². The van der Waals surface area contributed by atoms with Gasteiger partial charge in [0.05, 0.1) is 13.2 Å². The second-order valence-electron chi connectivity index (χ2n) is 5.85. The number of hydrogen-bond acceptors (Lipinski definition) is 6. The van der Waals surface area contributed by atoms with Crippen molar-refractivity contribution >= 4 is 23.2 Å². The molecule has 1 unspecified atom stereocenters. The Hall–Kier alpha value is -1.51. The summed E-state index contributed by atoms with van der Waals surface area (Å²) in [5.41, 5.74) is 0. The van der Waals surface area contributed by atoms with E-state index in [4.69, 9.17) is 4.74 Å². The van der Waals surface area contributed by atoms with E-state index in [2.05, 4.69) is 9.88 Å². The van der Waals surface area contributed by atoms with Gasteiger partial charge in [-0.1, -0.05) is 0 Å². The highest BCUT2D eigenvalue weighted by Gasteiger charge is 2.28. The minimum absolute atomic E-state index is 0.0360. The number of aromatic nitrogens is 1. The molecule has 126 valence electrons. The number of carbonyl (C=O) groups is 2. The SMILES string of the molecule is CC(=O)N1CCN(C(=O)CN2CCOC(c3nccs3)C2)CC1. The van der Waals surface area contributed by atoms with E-state index >= 15 is 0 Å². The molecule has 1 aromatic heterocycles. The topological polar surface area (TPSA) is 66.0 Å². The van der Waals surface area contributed by atoms with Gasteiger partial charge in [0.15, 0.2) is 0 Å². The predicted octanol–water partition coefficient (Wildman–Crippen LogP) is 0.207. The molecule has 0 radical (unpaired) electrons. The maximum Gasteiger partial charge on any atom is 0.236 e. The van der Waals surface area contributed by atoms with E-state index in [1.54, 1.807) is 29.4 Å². The van der Waals surface area contributed by atoms with Crippen molar-refractivity contribution in [2.24, 2.45) is 0 Å². The summed E-state index contributed by atoms with van der Waals surface area (Å²) in [6.07, 6.45) is 1.74. The van der Waals surface area contributed by atoms with Crippen molar-refractivity contribution in [3.05, 3.63) is 16.6 Å². The van der Waals surface area contributed by atoms with E-state index in [1.165, 1.54) is 0 Å². The van der Waals surface area contributed by atoms with E-state index in [1.807, 2.05) is 10.3 Å². The van der Waals surface area contributed by atoms with Crippen LogP contribution >= 0.6 is 11.3 Å². The van der Waals surface area contributed by atoms with Crippen molar-refractivity contribution in [1.29, 1.82) is 0 Å². The standard InChI is InChI=1S/C15H22N4O3S/c1-12(20)18-3-5-19(6-4-18)14(21)11-17-7-8-22-13(10-17)15-16-2-9-23-15/h2,9,13H,3-8,10-11H2,1H3. The van der Waals surface area contributed by atoms with Crippen molar-refractivity contribution in [2.75, 3.05) is 52.4 Å². The molecule has 7 nitrogen and oxygen atoms in total. The number of piperazine rings is 1. The highest BCUT2D eigenvalue weighted by molar-refractivity contribution is 7.09. The molecular weight excluding hydrogens is 316 g/mol. The Morgan fingerprint density at radius 3 is 2.65 bits per heavy atom. The Morgan fingerprint density at radius 2 is 2.00 bits per heavy atom. The molecule has 1 aromatic rings. The molecule has 8 heteroatoms. The zero-order valence-corrected chi connectivity index (χ0v) is 14.1. The number of carbonyl (C=O) groups excluding carboxylic acids is 2. The van der Waals surface area contributed by atoms with Crippen molar-refractivity contribution in [3.8, 4) is 0 Å². The first kappa shape index (κ1) is 16.4. The van der Waals surface area contributed by atoms with Crippen molar-refractivity contribution in [2.45, 2.75) is 13.0 Å². The lowest BCUT2D eigenvalue weighted by Crippen LogP contribution is -2.53. The molecule has 0 bridgehead atoms. The second kappa shape index (κ2) is 7.37. The quantitative estimate of drug-likeness (QED) is 0.788. The largest absolute Gasteiger partial charge is 0.368 e. The summed E-state index contributed by atoms with van der Waals surface area (Å²) < 4.78 is 5.76. The molecule has 23 heavy (non-hydrogen) atoms. The summed E-state index contributed by atoms with van der Waals surface area (Å²) in [4.78, 5) is 33.9. The third kappa shape index (κ3) is 4.07. The van der Waals surface area contributed by atoms with E-state index in [0.717, 1.165) is 11.6 Å². The van der Waals surface area contributed by atoms with Gasteiger partial charge in [-0.05, 0) is 0 Å². The number of morpholine rings is 1. The average molecular weight is 338 g/mol. The molecule has 0 aromatic carbocycles. The van der Waals surface area contributed by atoms with Gasteiger partial charge in [-0.15, -0.1) is 11.3 Å². The minimum Gasteiger partial charge on any atom is -0.368 e.